The molecule has 0 atom stereocenters. The van der Waals surface area contributed by atoms with Crippen LogP contribution in [0.2, 0.25) is 0 Å². The molecule has 2 N–H and O–H groups in total. The molecular formula is C16H23N3O4. The molecule has 0 bridgehead atoms. The highest BCUT2D eigenvalue weighted by atomic mass is 16.5. The van der Waals surface area contributed by atoms with E-state index in [1.165, 1.54) is 6.07 Å². The number of pyridine rings is 1. The SMILES string of the molecule is COCCCNC(=O)C1CCN(c2cccc(C(=O)O)n2)CC1. The molecule has 1 fully saturated rings. The number of methoxy groups -OCH3 is 1. The summed E-state index contributed by atoms with van der Waals surface area (Å²) in [7, 11) is 1.64. The van der Waals surface area contributed by atoms with Crippen LogP contribution in [0.1, 0.15) is 29.8 Å². The van der Waals surface area contributed by atoms with Crippen LogP contribution in [-0.4, -0.2) is 55.3 Å². The van der Waals surface area contributed by atoms with Crippen LogP contribution in [0, 0.1) is 5.92 Å². The van der Waals surface area contributed by atoms with E-state index in [1.54, 1.807) is 19.2 Å². The van der Waals surface area contributed by atoms with E-state index in [1.807, 2.05) is 4.90 Å². The lowest BCUT2D eigenvalue weighted by Crippen LogP contribution is -2.41. The molecule has 0 aliphatic carbocycles. The lowest BCUT2D eigenvalue weighted by molar-refractivity contribution is -0.125. The Balaban J connectivity index is 1.82. The summed E-state index contributed by atoms with van der Waals surface area (Å²) in [6.07, 6.45) is 2.30. The Hall–Kier alpha value is -2.15. The number of rotatable bonds is 7. The van der Waals surface area contributed by atoms with Gasteiger partial charge in [0.15, 0.2) is 5.69 Å². The van der Waals surface area contributed by atoms with Crippen molar-refractivity contribution in [2.75, 3.05) is 38.3 Å². The molecule has 1 saturated heterocycles. The molecule has 1 amide bonds. The summed E-state index contributed by atoms with van der Waals surface area (Å²) < 4.78 is 4.95. The second-order valence-electron chi connectivity index (χ2n) is 5.58. The summed E-state index contributed by atoms with van der Waals surface area (Å²) in [6.45, 7) is 2.68. The van der Waals surface area contributed by atoms with Crippen molar-refractivity contribution in [3.63, 3.8) is 0 Å². The number of aromatic carboxylic acids is 1. The van der Waals surface area contributed by atoms with Gasteiger partial charge in [-0.1, -0.05) is 6.07 Å². The quantitative estimate of drug-likeness (QED) is 0.732. The molecule has 1 aliphatic heterocycles. The first-order valence-corrected chi connectivity index (χ1v) is 7.83. The number of ether oxygens (including phenoxy) is 1. The minimum absolute atomic E-state index is 0.0106. The molecule has 126 valence electrons. The normalized spacial score (nSPS) is 15.4. The molecule has 23 heavy (non-hydrogen) atoms. The van der Waals surface area contributed by atoms with E-state index in [4.69, 9.17) is 9.84 Å². The molecule has 7 nitrogen and oxygen atoms in total. The molecule has 0 saturated carbocycles. The van der Waals surface area contributed by atoms with Crippen LogP contribution in [0.15, 0.2) is 18.2 Å². The summed E-state index contributed by atoms with van der Waals surface area (Å²) >= 11 is 0. The Morgan fingerprint density at radius 3 is 2.78 bits per heavy atom. The average Bonchev–Trinajstić information content (AvgIpc) is 2.59. The minimum Gasteiger partial charge on any atom is -0.477 e. The number of carbonyl (C=O) groups is 2. The fraction of sp³-hybridized carbons (Fsp3) is 0.562. The van der Waals surface area contributed by atoms with E-state index in [0.717, 1.165) is 19.3 Å². The molecule has 1 aliphatic rings. The van der Waals surface area contributed by atoms with Gasteiger partial charge in [0.05, 0.1) is 0 Å². The number of nitrogens with zero attached hydrogens (tertiary/aromatic N) is 2. The van der Waals surface area contributed by atoms with Crippen LogP contribution in [0.5, 0.6) is 0 Å². The number of carboxylic acid groups (broad SMARTS) is 1. The highest BCUT2D eigenvalue weighted by Crippen LogP contribution is 2.22. The molecule has 2 rings (SSSR count). The molecule has 1 aromatic heterocycles. The van der Waals surface area contributed by atoms with Crippen LogP contribution in [0.4, 0.5) is 5.82 Å². The second kappa shape index (κ2) is 8.47. The van der Waals surface area contributed by atoms with Crippen molar-refractivity contribution in [1.82, 2.24) is 10.3 Å². The molecule has 0 radical (unpaired) electrons. The summed E-state index contributed by atoms with van der Waals surface area (Å²) in [5.74, 6) is -0.273. The first-order valence-electron chi connectivity index (χ1n) is 7.83. The van der Waals surface area contributed by atoms with Crippen LogP contribution in [0.25, 0.3) is 0 Å². The van der Waals surface area contributed by atoms with E-state index in [9.17, 15) is 9.59 Å². The monoisotopic (exact) mass is 321 g/mol. The fourth-order valence-corrected chi connectivity index (χ4v) is 2.66. The Labute approximate surface area is 135 Å². The Bertz CT molecular complexity index is 542. The van der Waals surface area contributed by atoms with Crippen molar-refractivity contribution in [3.8, 4) is 0 Å². The number of carbonyl (C=O) groups excluding carboxylic acids is 1. The largest absolute Gasteiger partial charge is 0.477 e. The maximum absolute atomic E-state index is 12.1. The third kappa shape index (κ3) is 4.92. The topological polar surface area (TPSA) is 91.8 Å². The molecular weight excluding hydrogens is 298 g/mol. The van der Waals surface area contributed by atoms with E-state index in [0.29, 0.717) is 32.1 Å². The summed E-state index contributed by atoms with van der Waals surface area (Å²) in [5.41, 5.74) is 0.0421. The summed E-state index contributed by atoms with van der Waals surface area (Å²) in [6, 6.07) is 4.98. The van der Waals surface area contributed by atoms with Gasteiger partial charge in [-0.05, 0) is 31.4 Å². The zero-order valence-corrected chi connectivity index (χ0v) is 13.3. The average molecular weight is 321 g/mol. The summed E-state index contributed by atoms with van der Waals surface area (Å²) in [4.78, 5) is 29.2. The van der Waals surface area contributed by atoms with Gasteiger partial charge in [-0.15, -0.1) is 0 Å². The number of nitrogens with one attached hydrogen (secondary N) is 1. The van der Waals surface area contributed by atoms with E-state index < -0.39 is 5.97 Å². The third-order valence-electron chi connectivity index (χ3n) is 3.97. The van der Waals surface area contributed by atoms with Gasteiger partial charge < -0.3 is 20.1 Å². The molecule has 0 unspecified atom stereocenters. The predicted molar refractivity (Wildman–Crippen MR) is 85.6 cm³/mol. The van der Waals surface area contributed by atoms with Crippen molar-refractivity contribution < 1.29 is 19.4 Å². The van der Waals surface area contributed by atoms with Gasteiger partial charge in [-0.25, -0.2) is 9.78 Å². The van der Waals surface area contributed by atoms with Gasteiger partial charge in [-0.3, -0.25) is 4.79 Å². The lowest BCUT2D eigenvalue weighted by atomic mass is 9.96. The maximum Gasteiger partial charge on any atom is 0.354 e. The number of aromatic nitrogens is 1. The number of carboxylic acids is 1. The highest BCUT2D eigenvalue weighted by molar-refractivity contribution is 5.85. The predicted octanol–water partition coefficient (Wildman–Crippen LogP) is 1.15. The first kappa shape index (κ1) is 17.2. The second-order valence-corrected chi connectivity index (χ2v) is 5.58. The Morgan fingerprint density at radius 2 is 2.13 bits per heavy atom. The Kier molecular flexibility index (Phi) is 6.34. The zero-order chi connectivity index (χ0) is 16.7. The molecule has 7 heteroatoms. The molecule has 0 aromatic carbocycles. The van der Waals surface area contributed by atoms with Gasteiger partial charge in [0.2, 0.25) is 5.91 Å². The van der Waals surface area contributed by atoms with E-state index >= 15 is 0 Å². The fourth-order valence-electron chi connectivity index (χ4n) is 2.66. The van der Waals surface area contributed by atoms with Gasteiger partial charge in [0, 0.05) is 39.3 Å². The molecule has 2 heterocycles. The van der Waals surface area contributed by atoms with Gasteiger partial charge in [-0.2, -0.15) is 0 Å². The van der Waals surface area contributed by atoms with Crippen molar-refractivity contribution >= 4 is 17.7 Å². The third-order valence-corrected chi connectivity index (χ3v) is 3.97. The number of hydrogen-bond donors (Lipinski definition) is 2. The molecule has 1 aromatic rings. The Morgan fingerprint density at radius 1 is 1.39 bits per heavy atom. The first-order chi connectivity index (χ1) is 11.1. The van der Waals surface area contributed by atoms with E-state index in [2.05, 4.69) is 10.3 Å². The molecule has 0 spiro atoms. The number of hydrogen-bond acceptors (Lipinski definition) is 5. The van der Waals surface area contributed by atoms with Gasteiger partial charge >= 0.3 is 5.97 Å². The van der Waals surface area contributed by atoms with Crippen LogP contribution in [-0.2, 0) is 9.53 Å². The maximum atomic E-state index is 12.1. The van der Waals surface area contributed by atoms with Crippen molar-refractivity contribution in [3.05, 3.63) is 23.9 Å². The lowest BCUT2D eigenvalue weighted by Gasteiger charge is -2.32. The number of amides is 1. The zero-order valence-electron chi connectivity index (χ0n) is 13.3. The van der Waals surface area contributed by atoms with E-state index in [-0.39, 0.29) is 17.5 Å². The van der Waals surface area contributed by atoms with Crippen molar-refractivity contribution in [2.45, 2.75) is 19.3 Å². The number of piperidine rings is 1. The summed E-state index contributed by atoms with van der Waals surface area (Å²) in [5, 5.41) is 11.9. The van der Waals surface area contributed by atoms with Crippen LogP contribution in [0.3, 0.4) is 0 Å². The smallest absolute Gasteiger partial charge is 0.354 e. The van der Waals surface area contributed by atoms with Crippen molar-refractivity contribution in [1.29, 1.82) is 0 Å². The number of anilines is 1. The van der Waals surface area contributed by atoms with Gasteiger partial charge in [0.1, 0.15) is 5.82 Å². The van der Waals surface area contributed by atoms with Gasteiger partial charge in [0.25, 0.3) is 0 Å². The van der Waals surface area contributed by atoms with Crippen LogP contribution >= 0.6 is 0 Å². The standard InChI is InChI=1S/C16H23N3O4/c1-23-11-3-8-17-15(20)12-6-9-19(10-7-12)14-5-2-4-13(18-14)16(21)22/h2,4-5,12H,3,6-11H2,1H3,(H,17,20)(H,21,22). The highest BCUT2D eigenvalue weighted by Gasteiger charge is 2.25. The van der Waals surface area contributed by atoms with Crippen molar-refractivity contribution in [2.24, 2.45) is 5.92 Å². The minimum atomic E-state index is -1.03. The van der Waals surface area contributed by atoms with Crippen LogP contribution < -0.4 is 10.2 Å².